The lowest BCUT2D eigenvalue weighted by Gasteiger charge is -2.36. The van der Waals surface area contributed by atoms with Crippen LogP contribution in [0.1, 0.15) is 27.7 Å². The van der Waals surface area contributed by atoms with Crippen LogP contribution in [0.15, 0.2) is 35.3 Å². The van der Waals surface area contributed by atoms with E-state index in [0.717, 1.165) is 11.6 Å². The molecule has 1 aliphatic rings. The number of carbonyl (C=O) groups is 1. The van der Waals surface area contributed by atoms with Gasteiger partial charge in [-0.1, -0.05) is 18.2 Å². The molecule has 102 valence electrons. The molecule has 1 amide bonds. The molecule has 0 bridgehead atoms. The molecule has 0 aromatic heterocycles. The Bertz CT molecular complexity index is 471. The van der Waals surface area contributed by atoms with Gasteiger partial charge in [0.15, 0.2) is 0 Å². The van der Waals surface area contributed by atoms with E-state index >= 15 is 0 Å². The number of hydrogen-bond acceptors (Lipinski definition) is 3. The zero-order valence-corrected chi connectivity index (χ0v) is 12.0. The van der Waals surface area contributed by atoms with Gasteiger partial charge >= 0.3 is 0 Å². The first-order valence-corrected chi connectivity index (χ1v) is 6.73. The lowest BCUT2D eigenvalue weighted by Crippen LogP contribution is -2.50. The Morgan fingerprint density at radius 2 is 1.68 bits per heavy atom. The molecule has 1 heterocycles. The van der Waals surface area contributed by atoms with Gasteiger partial charge in [0, 0.05) is 12.1 Å². The fourth-order valence-electron chi connectivity index (χ4n) is 2.48. The SMILES string of the molecule is CC(C)N(C1=NCC(=O)N1c1ccccc1)C(C)C. The van der Waals surface area contributed by atoms with Crippen LogP contribution in [0.4, 0.5) is 5.69 Å². The molecule has 4 nitrogen and oxygen atoms in total. The molecule has 2 rings (SSSR count). The molecule has 1 aromatic rings. The summed E-state index contributed by atoms with van der Waals surface area (Å²) in [4.78, 5) is 20.5. The monoisotopic (exact) mass is 259 g/mol. The lowest BCUT2D eigenvalue weighted by molar-refractivity contribution is -0.115. The van der Waals surface area contributed by atoms with E-state index in [0.29, 0.717) is 12.1 Å². The smallest absolute Gasteiger partial charge is 0.255 e. The number of aliphatic imine (C=N–C) groups is 1. The topological polar surface area (TPSA) is 35.9 Å². The molecule has 1 aliphatic heterocycles. The van der Waals surface area contributed by atoms with Gasteiger partial charge in [-0.05, 0) is 39.8 Å². The predicted molar refractivity (Wildman–Crippen MR) is 78.3 cm³/mol. The molecule has 0 fully saturated rings. The number of amides is 1. The maximum Gasteiger partial charge on any atom is 0.255 e. The van der Waals surface area contributed by atoms with Crippen molar-refractivity contribution in [1.29, 1.82) is 0 Å². The molecule has 19 heavy (non-hydrogen) atoms. The van der Waals surface area contributed by atoms with Crippen LogP contribution < -0.4 is 4.90 Å². The second-order valence-corrected chi connectivity index (χ2v) is 5.28. The van der Waals surface area contributed by atoms with Crippen LogP contribution in [0.5, 0.6) is 0 Å². The van der Waals surface area contributed by atoms with E-state index in [1.165, 1.54) is 0 Å². The summed E-state index contributed by atoms with van der Waals surface area (Å²) in [6, 6.07) is 10.3. The summed E-state index contributed by atoms with van der Waals surface area (Å²) in [5.41, 5.74) is 0.884. The minimum Gasteiger partial charge on any atom is -0.337 e. The van der Waals surface area contributed by atoms with Crippen LogP contribution in [0.25, 0.3) is 0 Å². The molecule has 0 radical (unpaired) electrons. The molecule has 0 saturated heterocycles. The van der Waals surface area contributed by atoms with Gasteiger partial charge in [-0.15, -0.1) is 0 Å². The van der Waals surface area contributed by atoms with E-state index in [2.05, 4.69) is 37.6 Å². The Morgan fingerprint density at radius 1 is 1.11 bits per heavy atom. The highest BCUT2D eigenvalue weighted by Crippen LogP contribution is 2.22. The van der Waals surface area contributed by atoms with E-state index in [4.69, 9.17) is 0 Å². The number of rotatable bonds is 3. The molecule has 1 aromatic carbocycles. The first kappa shape index (κ1) is 13.6. The summed E-state index contributed by atoms with van der Waals surface area (Å²) in [6.45, 7) is 8.71. The summed E-state index contributed by atoms with van der Waals surface area (Å²) >= 11 is 0. The van der Waals surface area contributed by atoms with Crippen LogP contribution >= 0.6 is 0 Å². The van der Waals surface area contributed by atoms with E-state index < -0.39 is 0 Å². The molecule has 0 aliphatic carbocycles. The third-order valence-electron chi connectivity index (χ3n) is 3.16. The van der Waals surface area contributed by atoms with Gasteiger partial charge in [0.1, 0.15) is 6.54 Å². The second kappa shape index (κ2) is 5.43. The van der Waals surface area contributed by atoms with Crippen LogP contribution in [0.3, 0.4) is 0 Å². The van der Waals surface area contributed by atoms with Crippen molar-refractivity contribution in [2.75, 3.05) is 11.4 Å². The molecular weight excluding hydrogens is 238 g/mol. The summed E-state index contributed by atoms with van der Waals surface area (Å²) < 4.78 is 0. The highest BCUT2D eigenvalue weighted by Gasteiger charge is 2.33. The fourth-order valence-corrected chi connectivity index (χ4v) is 2.48. The van der Waals surface area contributed by atoms with Gasteiger partial charge in [0.25, 0.3) is 5.91 Å². The maximum absolute atomic E-state index is 12.1. The average Bonchev–Trinajstić information content (AvgIpc) is 2.71. The zero-order valence-electron chi connectivity index (χ0n) is 12.0. The van der Waals surface area contributed by atoms with Crippen molar-refractivity contribution < 1.29 is 4.79 Å². The highest BCUT2D eigenvalue weighted by molar-refractivity contribution is 6.20. The highest BCUT2D eigenvalue weighted by atomic mass is 16.2. The van der Waals surface area contributed by atoms with Crippen molar-refractivity contribution >= 4 is 17.6 Å². The minimum absolute atomic E-state index is 0.0347. The Morgan fingerprint density at radius 3 is 2.21 bits per heavy atom. The first-order chi connectivity index (χ1) is 9.02. The van der Waals surface area contributed by atoms with Crippen molar-refractivity contribution in [3.8, 4) is 0 Å². The van der Waals surface area contributed by atoms with E-state index in [1.54, 1.807) is 4.90 Å². The number of guanidine groups is 1. The molecule has 0 unspecified atom stereocenters. The number of hydrogen-bond donors (Lipinski definition) is 0. The first-order valence-electron chi connectivity index (χ1n) is 6.73. The fraction of sp³-hybridized carbons (Fsp3) is 0.467. The van der Waals surface area contributed by atoms with E-state index in [9.17, 15) is 4.79 Å². The normalized spacial score (nSPS) is 15.4. The third-order valence-corrected chi connectivity index (χ3v) is 3.16. The van der Waals surface area contributed by atoms with Gasteiger partial charge in [-0.25, -0.2) is 9.89 Å². The number of anilines is 1. The summed E-state index contributed by atoms with van der Waals surface area (Å²) in [7, 11) is 0. The Hall–Kier alpha value is -1.84. The number of nitrogens with zero attached hydrogens (tertiary/aromatic N) is 3. The largest absolute Gasteiger partial charge is 0.337 e. The quantitative estimate of drug-likeness (QED) is 0.836. The average molecular weight is 259 g/mol. The van der Waals surface area contributed by atoms with Gasteiger partial charge < -0.3 is 4.90 Å². The van der Waals surface area contributed by atoms with Gasteiger partial charge in [0.05, 0.1) is 5.69 Å². The van der Waals surface area contributed by atoms with Crippen molar-refractivity contribution in [2.45, 2.75) is 39.8 Å². The van der Waals surface area contributed by atoms with Crippen LogP contribution in [0.2, 0.25) is 0 Å². The minimum atomic E-state index is 0.0347. The number of benzene rings is 1. The Kier molecular flexibility index (Phi) is 3.88. The van der Waals surface area contributed by atoms with Crippen molar-refractivity contribution in [3.05, 3.63) is 30.3 Å². The Balaban J connectivity index is 2.37. The molecule has 4 heteroatoms. The van der Waals surface area contributed by atoms with Crippen molar-refractivity contribution in [1.82, 2.24) is 4.90 Å². The summed E-state index contributed by atoms with van der Waals surface area (Å²) in [5, 5.41) is 0. The Labute approximate surface area is 114 Å². The molecule has 0 saturated carbocycles. The maximum atomic E-state index is 12.1. The van der Waals surface area contributed by atoms with Crippen molar-refractivity contribution in [2.24, 2.45) is 4.99 Å². The molecule has 0 N–H and O–H groups in total. The second-order valence-electron chi connectivity index (χ2n) is 5.28. The van der Waals surface area contributed by atoms with Gasteiger partial charge in [-0.3, -0.25) is 4.79 Å². The third kappa shape index (κ3) is 2.62. The van der Waals surface area contributed by atoms with Crippen LogP contribution in [0, 0.1) is 0 Å². The standard InChI is InChI=1S/C15H21N3O/c1-11(2)17(12(3)4)15-16-10-14(19)18(15)13-8-6-5-7-9-13/h5-9,11-12H,10H2,1-4H3. The number of carbonyl (C=O) groups excluding carboxylic acids is 1. The van der Waals surface area contributed by atoms with Crippen molar-refractivity contribution in [3.63, 3.8) is 0 Å². The van der Waals surface area contributed by atoms with Crippen LogP contribution in [-0.2, 0) is 4.79 Å². The van der Waals surface area contributed by atoms with Gasteiger partial charge in [-0.2, -0.15) is 0 Å². The molecule has 0 atom stereocenters. The van der Waals surface area contributed by atoms with E-state index in [1.807, 2.05) is 30.3 Å². The number of para-hydroxylation sites is 1. The molecule has 0 spiro atoms. The zero-order chi connectivity index (χ0) is 14.0. The summed E-state index contributed by atoms with van der Waals surface area (Å²) in [6.07, 6.45) is 0. The van der Waals surface area contributed by atoms with E-state index in [-0.39, 0.29) is 12.5 Å². The van der Waals surface area contributed by atoms with Crippen LogP contribution in [-0.4, -0.2) is 35.4 Å². The van der Waals surface area contributed by atoms with Gasteiger partial charge in [0.2, 0.25) is 5.96 Å². The lowest BCUT2D eigenvalue weighted by atomic mass is 10.2. The predicted octanol–water partition coefficient (Wildman–Crippen LogP) is 2.51. The summed E-state index contributed by atoms with van der Waals surface area (Å²) in [5.74, 6) is 0.800. The molecular formula is C15H21N3O.